The molecule has 1 aliphatic carbocycles. The molecule has 0 aromatic carbocycles. The van der Waals surface area contributed by atoms with Crippen LogP contribution in [-0.4, -0.2) is 40.6 Å². The first-order valence-corrected chi connectivity index (χ1v) is 6.88. The predicted molar refractivity (Wildman–Crippen MR) is 67.3 cm³/mol. The van der Waals surface area contributed by atoms with Gasteiger partial charge in [0.25, 0.3) is 0 Å². The fourth-order valence-electron chi connectivity index (χ4n) is 2.93. The van der Waals surface area contributed by atoms with Crippen molar-refractivity contribution in [3.63, 3.8) is 0 Å². The van der Waals surface area contributed by atoms with Crippen LogP contribution in [0.2, 0.25) is 0 Å². The molecule has 1 atom stereocenters. The minimum atomic E-state index is -0.889. The summed E-state index contributed by atoms with van der Waals surface area (Å²) >= 11 is 0. The zero-order valence-electron chi connectivity index (χ0n) is 10.9. The third kappa shape index (κ3) is 2.94. The summed E-state index contributed by atoms with van der Waals surface area (Å²) in [6.07, 6.45) is 5.67. The average molecular weight is 254 g/mol. The van der Waals surface area contributed by atoms with Gasteiger partial charge in [0.1, 0.15) is 6.04 Å². The van der Waals surface area contributed by atoms with Crippen LogP contribution in [0.5, 0.6) is 0 Å². The summed E-state index contributed by atoms with van der Waals surface area (Å²) < 4.78 is 0. The number of carboxylic acids is 1. The van der Waals surface area contributed by atoms with Crippen LogP contribution < -0.4 is 5.32 Å². The van der Waals surface area contributed by atoms with Gasteiger partial charge in [-0.3, -0.25) is 0 Å². The summed E-state index contributed by atoms with van der Waals surface area (Å²) in [5, 5.41) is 12.0. The van der Waals surface area contributed by atoms with Gasteiger partial charge in [-0.1, -0.05) is 6.92 Å². The van der Waals surface area contributed by atoms with E-state index in [0.29, 0.717) is 13.0 Å². The van der Waals surface area contributed by atoms with Gasteiger partial charge in [0.05, 0.1) is 0 Å². The molecule has 5 nitrogen and oxygen atoms in total. The van der Waals surface area contributed by atoms with Crippen molar-refractivity contribution in [2.75, 3.05) is 6.54 Å². The van der Waals surface area contributed by atoms with E-state index in [2.05, 4.69) is 12.2 Å². The molecule has 0 bridgehead atoms. The lowest BCUT2D eigenvalue weighted by atomic mass is 9.87. The van der Waals surface area contributed by atoms with E-state index in [1.165, 1.54) is 4.90 Å². The SMILES string of the molecule is CC1CCC(NC(=O)N2CCC[C@@H]2C(=O)O)CC1. The van der Waals surface area contributed by atoms with Crippen molar-refractivity contribution in [2.24, 2.45) is 5.92 Å². The number of carboxylic acid groups (broad SMARTS) is 1. The molecule has 2 amide bonds. The maximum atomic E-state index is 12.1. The van der Waals surface area contributed by atoms with Gasteiger partial charge in [-0.05, 0) is 44.4 Å². The molecule has 1 saturated carbocycles. The Labute approximate surface area is 108 Å². The molecule has 2 aliphatic rings. The van der Waals surface area contributed by atoms with Gasteiger partial charge in [0.15, 0.2) is 0 Å². The molecule has 0 unspecified atom stereocenters. The molecule has 0 radical (unpaired) electrons. The Balaban J connectivity index is 1.86. The summed E-state index contributed by atoms with van der Waals surface area (Å²) in [6.45, 7) is 2.80. The molecule has 18 heavy (non-hydrogen) atoms. The van der Waals surface area contributed by atoms with Crippen LogP contribution in [0.4, 0.5) is 4.79 Å². The molecule has 2 N–H and O–H groups in total. The lowest BCUT2D eigenvalue weighted by Gasteiger charge is -2.30. The molecule has 5 heteroatoms. The van der Waals surface area contributed by atoms with E-state index in [-0.39, 0.29) is 12.1 Å². The van der Waals surface area contributed by atoms with Crippen LogP contribution in [0, 0.1) is 5.92 Å². The van der Waals surface area contributed by atoms with Crippen LogP contribution in [0.25, 0.3) is 0 Å². The summed E-state index contributed by atoms with van der Waals surface area (Å²) in [7, 11) is 0. The summed E-state index contributed by atoms with van der Waals surface area (Å²) in [5.41, 5.74) is 0. The second kappa shape index (κ2) is 5.59. The Morgan fingerprint density at radius 1 is 1.17 bits per heavy atom. The first-order valence-electron chi connectivity index (χ1n) is 6.88. The third-order valence-corrected chi connectivity index (χ3v) is 4.14. The number of nitrogens with zero attached hydrogens (tertiary/aromatic N) is 1. The summed E-state index contributed by atoms with van der Waals surface area (Å²) in [5.74, 6) is -0.142. The fourth-order valence-corrected chi connectivity index (χ4v) is 2.93. The number of carbonyl (C=O) groups excluding carboxylic acids is 1. The first kappa shape index (κ1) is 13.2. The van der Waals surface area contributed by atoms with Gasteiger partial charge in [-0.15, -0.1) is 0 Å². The number of amides is 2. The summed E-state index contributed by atoms with van der Waals surface area (Å²) in [6, 6.07) is -0.601. The highest BCUT2D eigenvalue weighted by Crippen LogP contribution is 2.24. The lowest BCUT2D eigenvalue weighted by Crippen LogP contribution is -2.49. The zero-order chi connectivity index (χ0) is 13.1. The highest BCUT2D eigenvalue weighted by Gasteiger charge is 2.34. The molecular formula is C13H22N2O3. The maximum absolute atomic E-state index is 12.1. The lowest BCUT2D eigenvalue weighted by molar-refractivity contribution is -0.141. The van der Waals surface area contributed by atoms with E-state index < -0.39 is 12.0 Å². The number of likely N-dealkylation sites (tertiary alicyclic amines) is 1. The second-order valence-electron chi connectivity index (χ2n) is 5.60. The predicted octanol–water partition coefficient (Wildman–Crippen LogP) is 1.82. The Kier molecular flexibility index (Phi) is 4.09. The van der Waals surface area contributed by atoms with Gasteiger partial charge < -0.3 is 15.3 Å². The van der Waals surface area contributed by atoms with E-state index in [1.807, 2.05) is 0 Å². The molecular weight excluding hydrogens is 232 g/mol. The maximum Gasteiger partial charge on any atom is 0.326 e. The van der Waals surface area contributed by atoms with Gasteiger partial charge >= 0.3 is 12.0 Å². The van der Waals surface area contributed by atoms with Crippen LogP contribution in [0.3, 0.4) is 0 Å². The molecule has 2 fully saturated rings. The van der Waals surface area contributed by atoms with Crippen molar-refractivity contribution < 1.29 is 14.7 Å². The second-order valence-corrected chi connectivity index (χ2v) is 5.60. The Bertz CT molecular complexity index is 324. The normalized spacial score (nSPS) is 32.3. The molecule has 0 aromatic rings. The highest BCUT2D eigenvalue weighted by atomic mass is 16.4. The number of rotatable bonds is 2. The van der Waals surface area contributed by atoms with Crippen molar-refractivity contribution in [1.82, 2.24) is 10.2 Å². The number of urea groups is 1. The van der Waals surface area contributed by atoms with Gasteiger partial charge in [-0.2, -0.15) is 0 Å². The van der Waals surface area contributed by atoms with Crippen LogP contribution >= 0.6 is 0 Å². The van der Waals surface area contributed by atoms with E-state index in [1.54, 1.807) is 0 Å². The van der Waals surface area contributed by atoms with Crippen molar-refractivity contribution >= 4 is 12.0 Å². The van der Waals surface area contributed by atoms with Crippen LogP contribution in [0.1, 0.15) is 45.4 Å². The molecule has 1 saturated heterocycles. The Morgan fingerprint density at radius 3 is 2.44 bits per heavy atom. The van der Waals surface area contributed by atoms with Gasteiger partial charge in [-0.25, -0.2) is 9.59 Å². The zero-order valence-corrected chi connectivity index (χ0v) is 10.9. The molecule has 1 heterocycles. The van der Waals surface area contributed by atoms with Crippen molar-refractivity contribution in [3.05, 3.63) is 0 Å². The third-order valence-electron chi connectivity index (χ3n) is 4.14. The highest BCUT2D eigenvalue weighted by molar-refractivity contribution is 5.83. The Morgan fingerprint density at radius 2 is 1.83 bits per heavy atom. The van der Waals surface area contributed by atoms with E-state index in [9.17, 15) is 9.59 Å². The van der Waals surface area contributed by atoms with E-state index in [0.717, 1.165) is 38.0 Å². The summed E-state index contributed by atoms with van der Waals surface area (Å²) in [4.78, 5) is 24.6. The van der Waals surface area contributed by atoms with Crippen molar-refractivity contribution in [3.8, 4) is 0 Å². The average Bonchev–Trinajstić information content (AvgIpc) is 2.81. The van der Waals surface area contributed by atoms with Crippen LogP contribution in [0.15, 0.2) is 0 Å². The quantitative estimate of drug-likeness (QED) is 0.789. The van der Waals surface area contributed by atoms with Gasteiger partial charge in [0, 0.05) is 12.6 Å². The van der Waals surface area contributed by atoms with Gasteiger partial charge in [0.2, 0.25) is 0 Å². The number of hydrogen-bond acceptors (Lipinski definition) is 2. The number of carbonyl (C=O) groups is 2. The van der Waals surface area contributed by atoms with Crippen LogP contribution in [-0.2, 0) is 4.79 Å². The number of aliphatic carboxylic acids is 1. The van der Waals surface area contributed by atoms with Crippen molar-refractivity contribution in [2.45, 2.75) is 57.5 Å². The molecule has 1 aliphatic heterocycles. The smallest absolute Gasteiger partial charge is 0.326 e. The standard InChI is InChI=1S/C13H22N2O3/c1-9-4-6-10(7-5-9)14-13(18)15-8-2-3-11(15)12(16)17/h9-11H,2-8H2,1H3,(H,14,18)(H,16,17)/t9?,10?,11-/m1/s1. The monoisotopic (exact) mass is 254 g/mol. The molecule has 0 aromatic heterocycles. The van der Waals surface area contributed by atoms with E-state index in [4.69, 9.17) is 5.11 Å². The largest absolute Gasteiger partial charge is 0.480 e. The minimum Gasteiger partial charge on any atom is -0.480 e. The topological polar surface area (TPSA) is 69.6 Å². The van der Waals surface area contributed by atoms with Crippen molar-refractivity contribution in [1.29, 1.82) is 0 Å². The molecule has 0 spiro atoms. The number of nitrogens with one attached hydrogen (secondary N) is 1. The Hall–Kier alpha value is -1.26. The first-order chi connectivity index (χ1) is 8.58. The molecule has 2 rings (SSSR count). The molecule has 102 valence electrons. The number of hydrogen-bond donors (Lipinski definition) is 2. The fraction of sp³-hybridized carbons (Fsp3) is 0.846. The minimum absolute atomic E-state index is 0.195. The van der Waals surface area contributed by atoms with E-state index >= 15 is 0 Å².